The number of hydroxylamine groups is 3. The fraction of sp³-hybridized carbons (Fsp3) is 0.875. The summed E-state index contributed by atoms with van der Waals surface area (Å²) in [6, 6.07) is 0. The van der Waals surface area contributed by atoms with E-state index >= 15 is 0 Å². The molecule has 0 aromatic carbocycles. The first-order valence-corrected chi connectivity index (χ1v) is 6.72. The molecule has 0 saturated heterocycles. The SMILES string of the molecule is CC1(C)C(C(Br)(Br)Br)=[N+]([O-])C(C)(C)N1O. The molecule has 0 aliphatic carbocycles. The molecular formula is C8H13Br3N2O2. The van der Waals surface area contributed by atoms with Crippen LogP contribution in [0.1, 0.15) is 27.7 Å². The first-order valence-electron chi connectivity index (χ1n) is 4.34. The van der Waals surface area contributed by atoms with Crippen LogP contribution in [0.25, 0.3) is 0 Å². The van der Waals surface area contributed by atoms with Crippen LogP contribution < -0.4 is 0 Å². The van der Waals surface area contributed by atoms with Crippen LogP contribution in [0.4, 0.5) is 0 Å². The molecule has 15 heavy (non-hydrogen) atoms. The average molecular weight is 409 g/mol. The molecule has 88 valence electrons. The first kappa shape index (κ1) is 13.9. The molecule has 0 atom stereocenters. The highest BCUT2D eigenvalue weighted by atomic mass is 80.0. The highest BCUT2D eigenvalue weighted by Crippen LogP contribution is 2.45. The maximum absolute atomic E-state index is 12.1. The van der Waals surface area contributed by atoms with E-state index in [0.29, 0.717) is 5.71 Å². The third-order valence-corrected chi connectivity index (χ3v) is 3.72. The molecule has 1 heterocycles. The predicted octanol–water partition coefficient (Wildman–Crippen LogP) is 3.00. The molecule has 1 rings (SSSR count). The van der Waals surface area contributed by atoms with Gasteiger partial charge in [-0.05, 0) is 61.6 Å². The zero-order valence-electron chi connectivity index (χ0n) is 8.88. The van der Waals surface area contributed by atoms with Crippen molar-refractivity contribution >= 4 is 53.5 Å². The predicted molar refractivity (Wildman–Crippen MR) is 69.9 cm³/mol. The summed E-state index contributed by atoms with van der Waals surface area (Å²) in [6.45, 7) is 6.88. The minimum Gasteiger partial charge on any atom is -0.622 e. The van der Waals surface area contributed by atoms with Crippen molar-refractivity contribution in [3.8, 4) is 0 Å². The number of alkyl halides is 3. The average Bonchev–Trinajstić information content (AvgIpc) is 2.09. The molecule has 0 fully saturated rings. The summed E-state index contributed by atoms with van der Waals surface area (Å²) in [5.74, 6) is 0. The third kappa shape index (κ3) is 2.01. The normalized spacial score (nSPS) is 26.1. The molecule has 7 heteroatoms. The topological polar surface area (TPSA) is 49.5 Å². The molecule has 1 aliphatic heterocycles. The van der Waals surface area contributed by atoms with Gasteiger partial charge in [-0.25, -0.2) is 0 Å². The second-order valence-corrected chi connectivity index (χ2v) is 11.3. The Bertz CT molecular complexity index is 320. The fourth-order valence-corrected chi connectivity index (χ4v) is 3.79. The summed E-state index contributed by atoms with van der Waals surface area (Å²) in [6.07, 6.45) is 0. The molecular weight excluding hydrogens is 396 g/mol. The van der Waals surface area contributed by atoms with Gasteiger partial charge in [0, 0.05) is 13.8 Å². The van der Waals surface area contributed by atoms with Gasteiger partial charge in [0.25, 0.3) is 0 Å². The summed E-state index contributed by atoms with van der Waals surface area (Å²) in [5.41, 5.74) is -1.29. The largest absolute Gasteiger partial charge is 0.622 e. The monoisotopic (exact) mass is 406 g/mol. The van der Waals surface area contributed by atoms with Gasteiger partial charge >= 0.3 is 0 Å². The van der Waals surface area contributed by atoms with E-state index in [4.69, 9.17) is 0 Å². The quantitative estimate of drug-likeness (QED) is 0.381. The van der Waals surface area contributed by atoms with Crippen molar-refractivity contribution in [2.45, 2.75) is 41.0 Å². The van der Waals surface area contributed by atoms with E-state index in [1.54, 1.807) is 27.7 Å². The molecule has 0 aromatic rings. The molecule has 0 spiro atoms. The third-order valence-electron chi connectivity index (χ3n) is 2.60. The Morgan fingerprint density at radius 3 is 1.80 bits per heavy atom. The zero-order chi connectivity index (χ0) is 12.2. The Hall–Kier alpha value is 0.830. The van der Waals surface area contributed by atoms with Crippen LogP contribution in [-0.2, 0) is 0 Å². The minimum atomic E-state index is -0.987. The van der Waals surface area contributed by atoms with Gasteiger partial charge in [-0.3, -0.25) is 0 Å². The van der Waals surface area contributed by atoms with Crippen molar-refractivity contribution in [1.82, 2.24) is 5.06 Å². The first-order chi connectivity index (χ1) is 6.43. The Morgan fingerprint density at radius 2 is 1.67 bits per heavy atom. The van der Waals surface area contributed by atoms with Gasteiger partial charge in [-0.1, -0.05) is 0 Å². The van der Waals surface area contributed by atoms with E-state index in [1.165, 1.54) is 0 Å². The van der Waals surface area contributed by atoms with Crippen LogP contribution in [-0.4, -0.2) is 34.1 Å². The van der Waals surface area contributed by atoms with Crippen molar-refractivity contribution in [3.63, 3.8) is 0 Å². The lowest BCUT2D eigenvalue weighted by Crippen LogP contribution is -2.52. The van der Waals surface area contributed by atoms with Gasteiger partial charge in [0.2, 0.25) is 13.5 Å². The van der Waals surface area contributed by atoms with Crippen molar-refractivity contribution in [3.05, 3.63) is 5.21 Å². The van der Waals surface area contributed by atoms with E-state index in [2.05, 4.69) is 47.8 Å². The number of hydrogen-bond donors (Lipinski definition) is 1. The van der Waals surface area contributed by atoms with Gasteiger partial charge in [0.1, 0.15) is 5.54 Å². The van der Waals surface area contributed by atoms with Crippen molar-refractivity contribution < 1.29 is 9.95 Å². The van der Waals surface area contributed by atoms with Crippen molar-refractivity contribution in [1.29, 1.82) is 0 Å². The van der Waals surface area contributed by atoms with Gasteiger partial charge in [0.15, 0.2) is 0 Å². The van der Waals surface area contributed by atoms with Gasteiger partial charge in [-0.2, -0.15) is 4.74 Å². The summed E-state index contributed by atoms with van der Waals surface area (Å²) < 4.78 is -0.0156. The summed E-state index contributed by atoms with van der Waals surface area (Å²) in [7, 11) is 0. The van der Waals surface area contributed by atoms with E-state index in [9.17, 15) is 10.4 Å². The summed E-state index contributed by atoms with van der Waals surface area (Å²) in [5, 5.41) is 23.1. The van der Waals surface area contributed by atoms with Crippen LogP contribution in [0.3, 0.4) is 0 Å². The van der Waals surface area contributed by atoms with Crippen LogP contribution in [0, 0.1) is 5.21 Å². The lowest BCUT2D eigenvalue weighted by atomic mass is 10.00. The fourth-order valence-electron chi connectivity index (χ4n) is 1.85. The van der Waals surface area contributed by atoms with Crippen LogP contribution in [0.5, 0.6) is 0 Å². The van der Waals surface area contributed by atoms with Crippen LogP contribution >= 0.6 is 47.8 Å². The second-order valence-electron chi connectivity index (χ2n) is 4.51. The number of rotatable bonds is 0. The standard InChI is InChI=1S/C8H13Br3N2O2/c1-6(2)5(8(9,10)11)12(14)7(3,4)13(6)15/h15H,1-4H3. The van der Waals surface area contributed by atoms with E-state index in [0.717, 1.165) is 9.80 Å². The Kier molecular flexibility index (Phi) is 3.39. The number of halogens is 3. The van der Waals surface area contributed by atoms with Crippen molar-refractivity contribution in [2.24, 2.45) is 0 Å². The molecule has 4 nitrogen and oxygen atoms in total. The van der Waals surface area contributed by atoms with E-state index in [-0.39, 0.29) is 0 Å². The van der Waals surface area contributed by atoms with Crippen LogP contribution in [0.15, 0.2) is 0 Å². The molecule has 0 aromatic heterocycles. The maximum atomic E-state index is 12.1. The highest BCUT2D eigenvalue weighted by molar-refractivity contribution is 9.40. The number of hydrogen-bond acceptors (Lipinski definition) is 3. The summed E-state index contributed by atoms with van der Waals surface area (Å²) in [4.78, 5) is 0. The molecule has 0 radical (unpaired) electrons. The molecule has 1 N–H and O–H groups in total. The zero-order valence-corrected chi connectivity index (χ0v) is 13.6. The van der Waals surface area contributed by atoms with Gasteiger partial charge < -0.3 is 10.4 Å². The highest BCUT2D eigenvalue weighted by Gasteiger charge is 2.61. The van der Waals surface area contributed by atoms with Gasteiger partial charge in [0.05, 0.1) is 0 Å². The van der Waals surface area contributed by atoms with Crippen LogP contribution in [0.2, 0.25) is 0 Å². The number of nitrogens with zero attached hydrogens (tertiary/aromatic N) is 2. The Morgan fingerprint density at radius 1 is 1.27 bits per heavy atom. The molecule has 0 saturated carbocycles. The maximum Gasteiger partial charge on any atom is 0.245 e. The second kappa shape index (κ2) is 3.66. The Balaban J connectivity index is 3.41. The van der Waals surface area contributed by atoms with Gasteiger partial charge in [-0.15, -0.1) is 5.06 Å². The molecule has 0 bridgehead atoms. The lowest BCUT2D eigenvalue weighted by Gasteiger charge is -2.30. The molecule has 1 aliphatic rings. The smallest absolute Gasteiger partial charge is 0.245 e. The lowest BCUT2D eigenvalue weighted by molar-refractivity contribution is -0.581. The molecule has 0 unspecified atom stereocenters. The van der Waals surface area contributed by atoms with Crippen molar-refractivity contribution in [2.75, 3.05) is 0 Å². The van der Waals surface area contributed by atoms with E-state index in [1.807, 2.05) is 0 Å². The minimum absolute atomic E-state index is 0.461. The molecule has 0 amide bonds. The van der Waals surface area contributed by atoms with E-state index < -0.39 is 13.3 Å². The Labute approximate surface area is 114 Å². The summed E-state index contributed by atoms with van der Waals surface area (Å²) >= 11 is 9.95.